The number of hydrogen-bond donors (Lipinski definition) is 2. The maximum absolute atomic E-state index is 12.9. The first-order chi connectivity index (χ1) is 21.6. The molecule has 0 heterocycles. The van der Waals surface area contributed by atoms with Crippen molar-refractivity contribution < 1.29 is 38.3 Å². The zero-order valence-electron chi connectivity index (χ0n) is 24.7. The minimum Gasteiger partial charge on any atom is -0.493 e. The summed E-state index contributed by atoms with van der Waals surface area (Å²) in [6, 6.07) is 19.3. The number of hydrogen-bond acceptors (Lipinski definition) is 10. The summed E-state index contributed by atoms with van der Waals surface area (Å²) in [5.41, 5.74) is 4.28. The number of carbonyl (C=O) groups excluding carboxylic acids is 3. The van der Waals surface area contributed by atoms with Gasteiger partial charge in [-0.3, -0.25) is 19.7 Å². The van der Waals surface area contributed by atoms with Crippen LogP contribution in [0.25, 0.3) is 0 Å². The number of anilines is 1. The number of aryl methyl sites for hydroxylation is 1. The summed E-state index contributed by atoms with van der Waals surface area (Å²) in [6.45, 7) is 1.88. The van der Waals surface area contributed by atoms with Crippen LogP contribution in [0.15, 0.2) is 84.0 Å². The Morgan fingerprint density at radius 1 is 0.756 bits per heavy atom. The molecule has 0 fully saturated rings. The third-order valence-corrected chi connectivity index (χ3v) is 6.40. The number of carbonyl (C=O) groups is 3. The van der Waals surface area contributed by atoms with E-state index in [2.05, 4.69) is 15.8 Å². The van der Waals surface area contributed by atoms with Gasteiger partial charge in [0, 0.05) is 34.5 Å². The summed E-state index contributed by atoms with van der Waals surface area (Å²) in [7, 11) is 4.34. The lowest BCUT2D eigenvalue weighted by molar-refractivity contribution is -0.384. The van der Waals surface area contributed by atoms with Crippen molar-refractivity contribution in [3.05, 3.63) is 117 Å². The summed E-state index contributed by atoms with van der Waals surface area (Å²) >= 11 is 0. The predicted octanol–water partition coefficient (Wildman–Crippen LogP) is 5.16. The van der Waals surface area contributed by atoms with E-state index in [-0.39, 0.29) is 28.1 Å². The van der Waals surface area contributed by atoms with Crippen molar-refractivity contribution in [1.82, 2.24) is 5.43 Å². The minimum atomic E-state index is -0.667. The molecule has 2 amide bonds. The fourth-order valence-corrected chi connectivity index (χ4v) is 4.04. The Hall–Kier alpha value is -6.24. The van der Waals surface area contributed by atoms with Crippen molar-refractivity contribution in [2.24, 2.45) is 5.10 Å². The van der Waals surface area contributed by atoms with E-state index in [4.69, 9.17) is 18.9 Å². The molecule has 230 valence electrons. The van der Waals surface area contributed by atoms with Crippen LogP contribution in [0.5, 0.6) is 23.0 Å². The monoisotopic (exact) mass is 612 g/mol. The van der Waals surface area contributed by atoms with Gasteiger partial charge >= 0.3 is 5.97 Å². The van der Waals surface area contributed by atoms with Gasteiger partial charge in [-0.25, -0.2) is 10.2 Å². The van der Waals surface area contributed by atoms with Gasteiger partial charge in [-0.2, -0.15) is 5.10 Å². The highest BCUT2D eigenvalue weighted by atomic mass is 16.6. The van der Waals surface area contributed by atoms with Gasteiger partial charge in [-0.05, 0) is 61.5 Å². The maximum atomic E-state index is 12.9. The number of hydrazone groups is 1. The van der Waals surface area contributed by atoms with Crippen LogP contribution in [0.4, 0.5) is 11.4 Å². The van der Waals surface area contributed by atoms with E-state index in [1.807, 2.05) is 6.92 Å². The molecule has 4 rings (SSSR count). The van der Waals surface area contributed by atoms with Crippen molar-refractivity contribution in [1.29, 1.82) is 0 Å². The van der Waals surface area contributed by atoms with Gasteiger partial charge in [0.15, 0.2) is 11.5 Å². The van der Waals surface area contributed by atoms with Gasteiger partial charge in [-0.15, -0.1) is 0 Å². The van der Waals surface area contributed by atoms with Gasteiger partial charge < -0.3 is 24.3 Å². The number of nitrogens with zero attached hydrogens (tertiary/aromatic N) is 2. The molecule has 0 saturated heterocycles. The van der Waals surface area contributed by atoms with Crippen molar-refractivity contribution in [2.75, 3.05) is 26.6 Å². The second kappa shape index (κ2) is 14.3. The van der Waals surface area contributed by atoms with Crippen LogP contribution in [-0.2, 0) is 0 Å². The van der Waals surface area contributed by atoms with Crippen LogP contribution in [0.1, 0.15) is 42.2 Å². The highest BCUT2D eigenvalue weighted by Gasteiger charge is 2.18. The fraction of sp³-hybridized carbons (Fsp3) is 0.125. The summed E-state index contributed by atoms with van der Waals surface area (Å²) in [5, 5.41) is 17.9. The first kappa shape index (κ1) is 31.7. The molecule has 0 unspecified atom stereocenters. The molecule has 45 heavy (non-hydrogen) atoms. The van der Waals surface area contributed by atoms with Gasteiger partial charge in [0.05, 0.1) is 38.0 Å². The molecule has 2 N–H and O–H groups in total. The van der Waals surface area contributed by atoms with E-state index in [0.717, 1.165) is 11.8 Å². The largest absolute Gasteiger partial charge is 0.493 e. The molecule has 0 spiro atoms. The zero-order valence-corrected chi connectivity index (χ0v) is 24.7. The zero-order chi connectivity index (χ0) is 32.5. The van der Waals surface area contributed by atoms with Crippen LogP contribution in [0.2, 0.25) is 0 Å². The molecule has 13 nitrogen and oxygen atoms in total. The molecule has 0 bridgehead atoms. The molecule has 0 atom stereocenters. The number of rotatable bonds is 11. The second-order valence-electron chi connectivity index (χ2n) is 9.38. The summed E-state index contributed by atoms with van der Waals surface area (Å²) in [4.78, 5) is 48.9. The average Bonchev–Trinajstić information content (AvgIpc) is 3.05. The Morgan fingerprint density at radius 3 is 1.96 bits per heavy atom. The first-order valence-corrected chi connectivity index (χ1v) is 13.3. The van der Waals surface area contributed by atoms with Gasteiger partial charge in [-0.1, -0.05) is 17.7 Å². The number of ether oxygens (including phenoxy) is 4. The molecule has 0 aliphatic heterocycles. The summed E-state index contributed by atoms with van der Waals surface area (Å²) < 4.78 is 21.3. The Morgan fingerprint density at radius 2 is 1.38 bits per heavy atom. The van der Waals surface area contributed by atoms with E-state index < -0.39 is 22.7 Å². The van der Waals surface area contributed by atoms with Crippen molar-refractivity contribution in [2.45, 2.75) is 6.92 Å². The number of non-ortho nitro benzene ring substituents is 1. The maximum Gasteiger partial charge on any atom is 0.343 e. The number of methoxy groups -OCH3 is 3. The number of nitro groups is 1. The molecular weight excluding hydrogens is 584 g/mol. The fourth-order valence-electron chi connectivity index (χ4n) is 4.04. The molecule has 0 aliphatic carbocycles. The first-order valence-electron chi connectivity index (χ1n) is 13.3. The molecule has 0 saturated carbocycles. The SMILES string of the molecule is COc1cc(C(=O)Nc2ccc(C(=O)N/N=C/c3cc([N+](=O)[O-])ccc3OC(=O)c3ccc(C)cc3)cc2)cc(OC)c1OC. The molecule has 13 heteroatoms. The van der Waals surface area contributed by atoms with Crippen LogP contribution in [0.3, 0.4) is 0 Å². The average molecular weight is 613 g/mol. The summed E-state index contributed by atoms with van der Waals surface area (Å²) in [6.07, 6.45) is 1.13. The second-order valence-corrected chi connectivity index (χ2v) is 9.38. The molecule has 0 aromatic heterocycles. The van der Waals surface area contributed by atoms with E-state index in [1.54, 1.807) is 24.3 Å². The molecule has 0 radical (unpaired) electrons. The molecule has 0 aliphatic rings. The van der Waals surface area contributed by atoms with Crippen molar-refractivity contribution in [3.63, 3.8) is 0 Å². The lowest BCUT2D eigenvalue weighted by Gasteiger charge is -2.14. The number of esters is 1. The predicted molar refractivity (Wildman–Crippen MR) is 165 cm³/mol. The Kier molecular flexibility index (Phi) is 10.1. The topological polar surface area (TPSA) is 168 Å². The number of nitro benzene ring substituents is 1. The quantitative estimate of drug-likeness (QED) is 0.0764. The smallest absolute Gasteiger partial charge is 0.343 e. The Labute approximate surface area is 257 Å². The van der Waals surface area contributed by atoms with Crippen LogP contribution in [-0.4, -0.2) is 50.3 Å². The lowest BCUT2D eigenvalue weighted by Crippen LogP contribution is -2.18. The van der Waals surface area contributed by atoms with Gasteiger partial charge in [0.25, 0.3) is 17.5 Å². The van der Waals surface area contributed by atoms with E-state index in [9.17, 15) is 24.5 Å². The van der Waals surface area contributed by atoms with E-state index in [0.29, 0.717) is 28.5 Å². The molecule has 4 aromatic rings. The third kappa shape index (κ3) is 7.78. The van der Waals surface area contributed by atoms with E-state index >= 15 is 0 Å². The van der Waals surface area contributed by atoms with Gasteiger partial charge in [0.2, 0.25) is 5.75 Å². The highest BCUT2D eigenvalue weighted by Crippen LogP contribution is 2.38. The lowest BCUT2D eigenvalue weighted by atomic mass is 10.1. The van der Waals surface area contributed by atoms with Crippen molar-refractivity contribution in [3.8, 4) is 23.0 Å². The normalized spacial score (nSPS) is 10.6. The van der Waals surface area contributed by atoms with Gasteiger partial charge in [0.1, 0.15) is 5.75 Å². The standard InChI is InChI=1S/C32H28N4O9/c1-19-5-7-21(8-6-19)32(39)45-26-14-13-25(36(40)41)15-23(26)18-33-35-31(38)20-9-11-24(12-10-20)34-30(37)22-16-27(42-2)29(44-4)28(17-22)43-3/h5-18H,1-4H3,(H,34,37)(H,35,38)/b33-18+. The highest BCUT2D eigenvalue weighted by molar-refractivity contribution is 6.05. The Bertz CT molecular complexity index is 1740. The third-order valence-electron chi connectivity index (χ3n) is 6.40. The van der Waals surface area contributed by atoms with Crippen LogP contribution < -0.4 is 29.7 Å². The van der Waals surface area contributed by atoms with Crippen molar-refractivity contribution >= 4 is 35.4 Å². The number of nitrogens with one attached hydrogen (secondary N) is 2. The van der Waals surface area contributed by atoms with E-state index in [1.165, 1.54) is 75.9 Å². The molecular formula is C32H28N4O9. The summed E-state index contributed by atoms with van der Waals surface area (Å²) in [5.74, 6) is -0.729. The Balaban J connectivity index is 1.44. The minimum absolute atomic E-state index is 0.0105. The molecule has 4 aromatic carbocycles. The number of benzene rings is 4. The van der Waals surface area contributed by atoms with Crippen LogP contribution in [0, 0.1) is 17.0 Å². The van der Waals surface area contributed by atoms with Crippen LogP contribution >= 0.6 is 0 Å². The number of amides is 2.